The predicted molar refractivity (Wildman–Crippen MR) is 110 cm³/mol. The molecule has 0 aliphatic carbocycles. The molecule has 2 N–H and O–H groups in total. The monoisotopic (exact) mass is 468 g/mol. The molecule has 0 saturated heterocycles. The van der Waals surface area contributed by atoms with E-state index in [1.165, 1.54) is 0 Å². The van der Waals surface area contributed by atoms with E-state index >= 15 is 0 Å². The lowest BCUT2D eigenvalue weighted by atomic mass is 10.2. The first-order valence-corrected chi connectivity index (χ1v) is 9.14. The third-order valence-corrected chi connectivity index (χ3v) is 4.31. The van der Waals surface area contributed by atoms with Gasteiger partial charge in [-0.2, -0.15) is 0 Å². The standard InChI is InChI=1S/C18H17IN2O3S/c1-2-11-24-17(23)12-7-9-13(10-8-12)20-18(25)21-16(22)14-5-3-4-6-15(14)19/h3-10H,2,11H2,1H3,(H2,20,21,22,25). The van der Waals surface area contributed by atoms with E-state index in [1.807, 2.05) is 19.1 Å². The number of hydrogen-bond acceptors (Lipinski definition) is 4. The van der Waals surface area contributed by atoms with Crippen molar-refractivity contribution in [1.29, 1.82) is 0 Å². The summed E-state index contributed by atoms with van der Waals surface area (Å²) in [5, 5.41) is 5.74. The van der Waals surface area contributed by atoms with Gasteiger partial charge in [-0.1, -0.05) is 19.1 Å². The van der Waals surface area contributed by atoms with E-state index in [2.05, 4.69) is 33.2 Å². The molecule has 1 amide bonds. The topological polar surface area (TPSA) is 67.4 Å². The lowest BCUT2D eigenvalue weighted by molar-refractivity contribution is 0.0505. The normalized spacial score (nSPS) is 10.0. The lowest BCUT2D eigenvalue weighted by Gasteiger charge is -2.11. The van der Waals surface area contributed by atoms with Crippen LogP contribution in [0.4, 0.5) is 5.69 Å². The highest BCUT2D eigenvalue weighted by Crippen LogP contribution is 2.13. The number of carbonyl (C=O) groups is 2. The highest BCUT2D eigenvalue weighted by molar-refractivity contribution is 14.1. The summed E-state index contributed by atoms with van der Waals surface area (Å²) >= 11 is 7.26. The van der Waals surface area contributed by atoms with Gasteiger partial charge in [0.05, 0.1) is 17.7 Å². The zero-order valence-electron chi connectivity index (χ0n) is 13.5. The Labute approximate surface area is 165 Å². The van der Waals surface area contributed by atoms with Gasteiger partial charge in [-0.05, 0) is 77.6 Å². The lowest BCUT2D eigenvalue weighted by Crippen LogP contribution is -2.34. The minimum absolute atomic E-state index is 0.186. The molecule has 130 valence electrons. The van der Waals surface area contributed by atoms with Gasteiger partial charge in [0.1, 0.15) is 0 Å². The van der Waals surface area contributed by atoms with Crippen molar-refractivity contribution in [3.05, 3.63) is 63.2 Å². The molecule has 0 bridgehead atoms. The Morgan fingerprint density at radius 3 is 2.44 bits per heavy atom. The van der Waals surface area contributed by atoms with Gasteiger partial charge in [-0.25, -0.2) is 4.79 Å². The van der Waals surface area contributed by atoms with Crippen LogP contribution in [0.15, 0.2) is 48.5 Å². The van der Waals surface area contributed by atoms with Crippen LogP contribution in [0.25, 0.3) is 0 Å². The fourth-order valence-electron chi connectivity index (χ4n) is 1.95. The van der Waals surface area contributed by atoms with Crippen molar-refractivity contribution in [1.82, 2.24) is 5.32 Å². The fourth-order valence-corrected chi connectivity index (χ4v) is 2.79. The van der Waals surface area contributed by atoms with Crippen molar-refractivity contribution < 1.29 is 14.3 Å². The Hall–Kier alpha value is -2.00. The highest BCUT2D eigenvalue weighted by atomic mass is 127. The van der Waals surface area contributed by atoms with E-state index < -0.39 is 0 Å². The summed E-state index contributed by atoms with van der Waals surface area (Å²) in [4.78, 5) is 24.0. The SMILES string of the molecule is CCCOC(=O)c1ccc(NC(=S)NC(=O)c2ccccc2I)cc1. The number of amides is 1. The number of rotatable bonds is 5. The molecule has 0 aliphatic rings. The quantitative estimate of drug-likeness (QED) is 0.395. The number of hydrogen-bond donors (Lipinski definition) is 2. The Morgan fingerprint density at radius 2 is 1.80 bits per heavy atom. The minimum Gasteiger partial charge on any atom is -0.462 e. The molecule has 0 atom stereocenters. The molecule has 2 aromatic carbocycles. The fraction of sp³-hybridized carbons (Fsp3) is 0.167. The first-order chi connectivity index (χ1) is 12.0. The van der Waals surface area contributed by atoms with E-state index in [0.717, 1.165) is 9.99 Å². The Bertz CT molecular complexity index is 778. The van der Waals surface area contributed by atoms with Gasteiger partial charge in [0.15, 0.2) is 5.11 Å². The first kappa shape index (κ1) is 19.3. The molecule has 0 unspecified atom stereocenters. The first-order valence-electron chi connectivity index (χ1n) is 7.65. The van der Waals surface area contributed by atoms with E-state index in [4.69, 9.17) is 17.0 Å². The van der Waals surface area contributed by atoms with Gasteiger partial charge in [-0.15, -0.1) is 0 Å². The molecular formula is C18H17IN2O3S. The Morgan fingerprint density at radius 1 is 1.12 bits per heavy atom. The van der Waals surface area contributed by atoms with Crippen molar-refractivity contribution in [3.8, 4) is 0 Å². The largest absolute Gasteiger partial charge is 0.462 e. The van der Waals surface area contributed by atoms with E-state index in [1.54, 1.807) is 36.4 Å². The molecule has 0 aromatic heterocycles. The molecule has 0 heterocycles. The molecule has 25 heavy (non-hydrogen) atoms. The zero-order valence-corrected chi connectivity index (χ0v) is 16.5. The van der Waals surface area contributed by atoms with Crippen LogP contribution in [0.2, 0.25) is 0 Å². The summed E-state index contributed by atoms with van der Waals surface area (Å²) in [5.41, 5.74) is 1.69. The Balaban J connectivity index is 1.93. The third kappa shape index (κ3) is 5.79. The maximum absolute atomic E-state index is 12.2. The number of esters is 1. The molecule has 0 radical (unpaired) electrons. The second kappa shape index (κ2) is 9.47. The predicted octanol–water partition coefficient (Wildman–Crippen LogP) is 3.98. The van der Waals surface area contributed by atoms with E-state index in [-0.39, 0.29) is 17.0 Å². The number of nitrogens with one attached hydrogen (secondary N) is 2. The molecule has 2 aromatic rings. The van der Waals surface area contributed by atoms with Crippen LogP contribution in [-0.2, 0) is 4.74 Å². The van der Waals surface area contributed by atoms with E-state index in [0.29, 0.717) is 23.4 Å². The molecular weight excluding hydrogens is 451 g/mol. The van der Waals surface area contributed by atoms with Crippen LogP contribution in [0, 0.1) is 3.57 Å². The van der Waals surface area contributed by atoms with Crippen molar-refractivity contribution in [2.75, 3.05) is 11.9 Å². The second-order valence-electron chi connectivity index (χ2n) is 5.10. The average Bonchev–Trinajstić information content (AvgIpc) is 2.60. The molecule has 2 rings (SSSR count). The van der Waals surface area contributed by atoms with Crippen LogP contribution in [0.5, 0.6) is 0 Å². The average molecular weight is 468 g/mol. The molecule has 0 saturated carbocycles. The van der Waals surface area contributed by atoms with E-state index in [9.17, 15) is 9.59 Å². The van der Waals surface area contributed by atoms with Crippen LogP contribution in [0.1, 0.15) is 34.1 Å². The number of thiocarbonyl (C=S) groups is 1. The summed E-state index contributed by atoms with van der Waals surface area (Å²) in [6.07, 6.45) is 0.777. The van der Waals surface area contributed by atoms with Gasteiger partial charge in [0, 0.05) is 9.26 Å². The summed E-state index contributed by atoms with van der Waals surface area (Å²) in [6, 6.07) is 13.9. The molecule has 0 fully saturated rings. The minimum atomic E-state index is -0.358. The van der Waals surface area contributed by atoms with Crippen molar-refractivity contribution in [2.24, 2.45) is 0 Å². The van der Waals surface area contributed by atoms with Crippen LogP contribution in [-0.4, -0.2) is 23.6 Å². The number of carbonyl (C=O) groups excluding carboxylic acids is 2. The van der Waals surface area contributed by atoms with Crippen LogP contribution >= 0.6 is 34.8 Å². The van der Waals surface area contributed by atoms with Crippen molar-refractivity contribution in [2.45, 2.75) is 13.3 Å². The van der Waals surface area contributed by atoms with Gasteiger partial charge in [0.2, 0.25) is 0 Å². The second-order valence-corrected chi connectivity index (χ2v) is 6.67. The summed E-state index contributed by atoms with van der Waals surface area (Å²) in [5.74, 6) is -0.634. The van der Waals surface area contributed by atoms with Crippen molar-refractivity contribution >= 4 is 57.5 Å². The summed E-state index contributed by atoms with van der Waals surface area (Å²) in [6.45, 7) is 2.33. The summed E-state index contributed by atoms with van der Waals surface area (Å²) < 4.78 is 5.91. The smallest absolute Gasteiger partial charge is 0.338 e. The number of anilines is 1. The van der Waals surface area contributed by atoms with Gasteiger partial charge >= 0.3 is 5.97 Å². The maximum atomic E-state index is 12.2. The van der Waals surface area contributed by atoms with Crippen LogP contribution in [0.3, 0.4) is 0 Å². The number of halogens is 1. The Kier molecular flexibility index (Phi) is 7.32. The van der Waals surface area contributed by atoms with Gasteiger partial charge in [0.25, 0.3) is 5.91 Å². The third-order valence-electron chi connectivity index (χ3n) is 3.16. The molecule has 5 nitrogen and oxygen atoms in total. The highest BCUT2D eigenvalue weighted by Gasteiger charge is 2.11. The van der Waals surface area contributed by atoms with Gasteiger partial charge in [-0.3, -0.25) is 10.1 Å². The van der Waals surface area contributed by atoms with Crippen LogP contribution < -0.4 is 10.6 Å². The molecule has 0 spiro atoms. The van der Waals surface area contributed by atoms with Gasteiger partial charge < -0.3 is 10.1 Å². The number of ether oxygens (including phenoxy) is 1. The molecule has 7 heteroatoms. The van der Waals surface area contributed by atoms with Crippen molar-refractivity contribution in [3.63, 3.8) is 0 Å². The summed E-state index contributed by atoms with van der Waals surface area (Å²) in [7, 11) is 0. The number of benzene rings is 2. The zero-order chi connectivity index (χ0) is 18.2. The molecule has 0 aliphatic heterocycles. The maximum Gasteiger partial charge on any atom is 0.338 e.